The van der Waals surface area contributed by atoms with Crippen molar-refractivity contribution in [3.63, 3.8) is 0 Å². The SMILES string of the molecule is COC(=O)/C=C/c1ccc(OC(=O)CS(=O)(=O)N2CCN(c3cccc(C)c3)CC2)c(OC)c1. The monoisotopic (exact) mass is 488 g/mol. The predicted octanol–water partition coefficient (Wildman–Crippen LogP) is 2.25. The van der Waals surface area contributed by atoms with Gasteiger partial charge in [-0.25, -0.2) is 13.2 Å². The van der Waals surface area contributed by atoms with Gasteiger partial charge >= 0.3 is 11.9 Å². The summed E-state index contributed by atoms with van der Waals surface area (Å²) >= 11 is 0. The van der Waals surface area contributed by atoms with Crippen LogP contribution in [-0.2, 0) is 24.3 Å². The Hall–Kier alpha value is -3.37. The number of hydrogen-bond acceptors (Lipinski definition) is 8. The number of benzene rings is 2. The van der Waals surface area contributed by atoms with E-state index in [0.29, 0.717) is 18.7 Å². The lowest BCUT2D eigenvalue weighted by molar-refractivity contribution is -0.135. The summed E-state index contributed by atoms with van der Waals surface area (Å²) in [5.41, 5.74) is 2.80. The van der Waals surface area contributed by atoms with Gasteiger partial charge in [0.1, 0.15) is 0 Å². The maximum Gasteiger partial charge on any atom is 0.330 e. The highest BCUT2D eigenvalue weighted by Gasteiger charge is 2.30. The maximum absolute atomic E-state index is 12.8. The van der Waals surface area contributed by atoms with E-state index in [1.165, 1.54) is 36.7 Å². The molecule has 1 saturated heterocycles. The summed E-state index contributed by atoms with van der Waals surface area (Å²) in [6.07, 6.45) is 2.76. The minimum Gasteiger partial charge on any atom is -0.493 e. The third-order valence-electron chi connectivity index (χ3n) is 5.32. The van der Waals surface area contributed by atoms with E-state index < -0.39 is 27.7 Å². The van der Waals surface area contributed by atoms with Crippen LogP contribution in [0.5, 0.6) is 11.5 Å². The maximum atomic E-state index is 12.8. The number of esters is 2. The summed E-state index contributed by atoms with van der Waals surface area (Å²) in [6, 6.07) is 12.7. The van der Waals surface area contributed by atoms with Gasteiger partial charge in [-0.15, -0.1) is 0 Å². The summed E-state index contributed by atoms with van der Waals surface area (Å²) in [5.74, 6) is -1.88. The van der Waals surface area contributed by atoms with Gasteiger partial charge in [-0.2, -0.15) is 4.31 Å². The van der Waals surface area contributed by atoms with E-state index in [9.17, 15) is 18.0 Å². The third-order valence-corrected chi connectivity index (χ3v) is 7.08. The van der Waals surface area contributed by atoms with Gasteiger partial charge in [0.25, 0.3) is 0 Å². The molecule has 0 atom stereocenters. The summed E-state index contributed by atoms with van der Waals surface area (Å²) in [6.45, 7) is 3.65. The van der Waals surface area contributed by atoms with Crippen molar-refractivity contribution >= 4 is 33.7 Å². The van der Waals surface area contributed by atoms with Crippen LogP contribution in [0.25, 0.3) is 6.08 Å². The van der Waals surface area contributed by atoms with Crippen LogP contribution in [0.2, 0.25) is 0 Å². The molecule has 3 rings (SSSR count). The van der Waals surface area contributed by atoms with Crippen molar-refractivity contribution in [3.8, 4) is 11.5 Å². The van der Waals surface area contributed by atoms with Crippen LogP contribution in [0.3, 0.4) is 0 Å². The van der Waals surface area contributed by atoms with Crippen LogP contribution in [-0.4, -0.2) is 70.8 Å². The van der Waals surface area contributed by atoms with Crippen LogP contribution >= 0.6 is 0 Å². The molecule has 0 aromatic heterocycles. The second kappa shape index (κ2) is 11.2. The molecule has 1 fully saturated rings. The number of methoxy groups -OCH3 is 2. The molecule has 0 radical (unpaired) electrons. The molecule has 2 aromatic rings. The molecule has 0 spiro atoms. The summed E-state index contributed by atoms with van der Waals surface area (Å²) in [7, 11) is -1.17. The van der Waals surface area contributed by atoms with Crippen LogP contribution < -0.4 is 14.4 Å². The molecule has 1 aliphatic heterocycles. The molecule has 2 aromatic carbocycles. The molecule has 1 heterocycles. The lowest BCUT2D eigenvalue weighted by atomic mass is 10.2. The molecule has 182 valence electrons. The van der Waals surface area contributed by atoms with E-state index in [4.69, 9.17) is 9.47 Å². The fourth-order valence-corrected chi connectivity index (χ4v) is 4.80. The quantitative estimate of drug-likeness (QED) is 0.317. The van der Waals surface area contributed by atoms with Gasteiger partial charge in [-0.3, -0.25) is 4.79 Å². The van der Waals surface area contributed by atoms with Crippen molar-refractivity contribution in [1.29, 1.82) is 0 Å². The molecule has 0 amide bonds. The zero-order chi connectivity index (χ0) is 24.7. The van der Waals surface area contributed by atoms with E-state index in [2.05, 4.69) is 15.7 Å². The van der Waals surface area contributed by atoms with Crippen LogP contribution in [0.4, 0.5) is 5.69 Å². The summed E-state index contributed by atoms with van der Waals surface area (Å²) in [4.78, 5) is 25.8. The number of aryl methyl sites for hydroxylation is 1. The first kappa shape index (κ1) is 25.3. The molecule has 0 saturated carbocycles. The van der Waals surface area contributed by atoms with E-state index in [1.807, 2.05) is 25.1 Å². The van der Waals surface area contributed by atoms with Crippen molar-refractivity contribution < 1.29 is 32.2 Å². The largest absolute Gasteiger partial charge is 0.493 e. The van der Waals surface area contributed by atoms with Gasteiger partial charge in [-0.1, -0.05) is 18.2 Å². The molecule has 0 N–H and O–H groups in total. The average Bonchev–Trinajstić information content (AvgIpc) is 2.82. The first-order valence-corrected chi connectivity index (χ1v) is 12.3. The molecule has 0 aliphatic carbocycles. The van der Waals surface area contributed by atoms with Crippen molar-refractivity contribution in [3.05, 3.63) is 59.7 Å². The topological polar surface area (TPSA) is 102 Å². The first-order chi connectivity index (χ1) is 16.2. The Labute approximate surface area is 199 Å². The fraction of sp³-hybridized carbons (Fsp3) is 0.333. The number of anilines is 1. The molecule has 34 heavy (non-hydrogen) atoms. The van der Waals surface area contributed by atoms with E-state index in [-0.39, 0.29) is 24.6 Å². The number of hydrogen-bond donors (Lipinski definition) is 0. The van der Waals surface area contributed by atoms with Crippen LogP contribution in [0, 0.1) is 6.92 Å². The molecule has 0 unspecified atom stereocenters. The Bertz CT molecular complexity index is 1170. The minimum absolute atomic E-state index is 0.0854. The standard InChI is InChI=1S/C24H28N2O7S/c1-18-5-4-6-20(15-18)25-11-13-26(14-12-25)34(29,30)17-24(28)33-21-9-7-19(16-22(21)31-2)8-10-23(27)32-3/h4-10,15-16H,11-14,17H2,1-3H3/b10-8+. The van der Waals surface area contributed by atoms with Crippen molar-refractivity contribution in [1.82, 2.24) is 4.31 Å². The van der Waals surface area contributed by atoms with Crippen LogP contribution in [0.1, 0.15) is 11.1 Å². The zero-order valence-electron chi connectivity index (χ0n) is 19.4. The molecule has 1 aliphatic rings. The number of rotatable bonds is 8. The zero-order valence-corrected chi connectivity index (χ0v) is 20.2. The highest BCUT2D eigenvalue weighted by molar-refractivity contribution is 7.89. The highest BCUT2D eigenvalue weighted by atomic mass is 32.2. The molecular weight excluding hydrogens is 460 g/mol. The normalized spacial score (nSPS) is 14.7. The van der Waals surface area contributed by atoms with Crippen molar-refractivity contribution in [2.24, 2.45) is 0 Å². The van der Waals surface area contributed by atoms with E-state index >= 15 is 0 Å². The van der Waals surface area contributed by atoms with Gasteiger partial charge in [-0.05, 0) is 48.4 Å². The second-order valence-corrected chi connectivity index (χ2v) is 9.69. The first-order valence-electron chi connectivity index (χ1n) is 10.7. The Morgan fingerprint density at radius 1 is 1.00 bits per heavy atom. The average molecular weight is 489 g/mol. The number of carbonyl (C=O) groups is 2. The number of piperazine rings is 1. The molecule has 10 heteroatoms. The third kappa shape index (κ3) is 6.58. The van der Waals surface area contributed by atoms with Gasteiger partial charge in [0.05, 0.1) is 14.2 Å². The number of ether oxygens (including phenoxy) is 3. The number of nitrogens with zero attached hydrogens (tertiary/aromatic N) is 2. The number of carbonyl (C=O) groups excluding carboxylic acids is 2. The molecule has 0 bridgehead atoms. The summed E-state index contributed by atoms with van der Waals surface area (Å²) < 4.78 is 42.0. The Kier molecular flexibility index (Phi) is 8.30. The van der Waals surface area contributed by atoms with Gasteiger partial charge in [0, 0.05) is 37.9 Å². The molecular formula is C24H28N2O7S. The highest BCUT2D eigenvalue weighted by Crippen LogP contribution is 2.29. The van der Waals surface area contributed by atoms with Gasteiger partial charge < -0.3 is 19.1 Å². The predicted molar refractivity (Wildman–Crippen MR) is 128 cm³/mol. The lowest BCUT2D eigenvalue weighted by Crippen LogP contribution is -2.50. The van der Waals surface area contributed by atoms with E-state index in [1.54, 1.807) is 12.1 Å². The van der Waals surface area contributed by atoms with E-state index in [0.717, 1.165) is 11.3 Å². The fourth-order valence-electron chi connectivity index (χ4n) is 3.55. The Balaban J connectivity index is 1.60. The lowest BCUT2D eigenvalue weighted by Gasteiger charge is -2.35. The Morgan fingerprint density at radius 2 is 1.74 bits per heavy atom. The minimum atomic E-state index is -3.84. The smallest absolute Gasteiger partial charge is 0.330 e. The van der Waals surface area contributed by atoms with Crippen molar-refractivity contribution in [2.45, 2.75) is 6.92 Å². The molecule has 9 nitrogen and oxygen atoms in total. The van der Waals surface area contributed by atoms with Gasteiger partial charge in [0.2, 0.25) is 10.0 Å². The number of sulfonamides is 1. The van der Waals surface area contributed by atoms with Crippen molar-refractivity contribution in [2.75, 3.05) is 51.1 Å². The van der Waals surface area contributed by atoms with Crippen LogP contribution in [0.15, 0.2) is 48.5 Å². The Morgan fingerprint density at radius 3 is 2.38 bits per heavy atom. The summed E-state index contributed by atoms with van der Waals surface area (Å²) in [5, 5.41) is 0. The van der Waals surface area contributed by atoms with Gasteiger partial charge in [0.15, 0.2) is 17.3 Å². The second-order valence-electron chi connectivity index (χ2n) is 7.72.